The number of rotatable bonds is 2. The molecular weight excluding hydrogens is 411 g/mol. The molecule has 1 atom stereocenters. The van der Waals surface area contributed by atoms with Crippen LogP contribution in [0.25, 0.3) is 0 Å². The summed E-state index contributed by atoms with van der Waals surface area (Å²) < 4.78 is 2.33. The van der Waals surface area contributed by atoms with Crippen LogP contribution in [0.1, 0.15) is 13.8 Å². The van der Waals surface area contributed by atoms with Crippen LogP contribution < -0.4 is 5.32 Å². The van der Waals surface area contributed by atoms with Crippen molar-refractivity contribution >= 4 is 61.1 Å². The van der Waals surface area contributed by atoms with Crippen molar-refractivity contribution in [3.05, 3.63) is 26.2 Å². The van der Waals surface area contributed by atoms with Gasteiger partial charge in [0.1, 0.15) is 0 Å². The van der Waals surface area contributed by atoms with E-state index in [0.29, 0.717) is 11.2 Å². The predicted octanol–water partition coefficient (Wildman–Crippen LogP) is 4.59. The summed E-state index contributed by atoms with van der Waals surface area (Å²) in [5.74, 6) is 0.673. The molecule has 1 aliphatic rings. The van der Waals surface area contributed by atoms with E-state index in [4.69, 9.17) is 0 Å². The SMILES string of the molecule is CC(C)C1CN=C(Nc2ccc(I)c(Br)c2)S1. The van der Waals surface area contributed by atoms with Gasteiger partial charge < -0.3 is 5.32 Å². The summed E-state index contributed by atoms with van der Waals surface area (Å²) in [6.07, 6.45) is 0. The molecule has 0 aromatic heterocycles. The van der Waals surface area contributed by atoms with E-state index in [2.05, 4.69) is 80.9 Å². The zero-order chi connectivity index (χ0) is 12.4. The first-order valence-corrected chi connectivity index (χ1v) is 8.24. The lowest BCUT2D eigenvalue weighted by atomic mass is 10.1. The van der Waals surface area contributed by atoms with Gasteiger partial charge in [-0.2, -0.15) is 0 Å². The fourth-order valence-electron chi connectivity index (χ4n) is 1.50. The van der Waals surface area contributed by atoms with Crippen molar-refractivity contribution < 1.29 is 0 Å². The van der Waals surface area contributed by atoms with Crippen LogP contribution in [-0.2, 0) is 0 Å². The van der Waals surface area contributed by atoms with E-state index in [-0.39, 0.29) is 0 Å². The fourth-order valence-corrected chi connectivity index (χ4v) is 3.25. The summed E-state index contributed by atoms with van der Waals surface area (Å²) in [6, 6.07) is 6.26. The Kier molecular flexibility index (Phi) is 4.77. The van der Waals surface area contributed by atoms with Gasteiger partial charge in [-0.3, -0.25) is 4.99 Å². The van der Waals surface area contributed by atoms with E-state index in [1.165, 1.54) is 3.57 Å². The van der Waals surface area contributed by atoms with E-state index in [1.54, 1.807) is 0 Å². The Bertz CT molecular complexity index is 448. The van der Waals surface area contributed by atoms with Gasteiger partial charge >= 0.3 is 0 Å². The molecule has 1 unspecified atom stereocenters. The highest BCUT2D eigenvalue weighted by Gasteiger charge is 2.22. The molecule has 1 aromatic carbocycles. The second kappa shape index (κ2) is 5.93. The lowest BCUT2D eigenvalue weighted by Crippen LogP contribution is -2.13. The van der Waals surface area contributed by atoms with Crippen molar-refractivity contribution in [1.29, 1.82) is 0 Å². The van der Waals surface area contributed by atoms with E-state index >= 15 is 0 Å². The number of anilines is 1. The van der Waals surface area contributed by atoms with E-state index in [9.17, 15) is 0 Å². The van der Waals surface area contributed by atoms with E-state index in [0.717, 1.165) is 21.9 Å². The van der Waals surface area contributed by atoms with E-state index < -0.39 is 0 Å². The molecule has 17 heavy (non-hydrogen) atoms. The molecule has 1 aliphatic heterocycles. The zero-order valence-electron chi connectivity index (χ0n) is 9.71. The summed E-state index contributed by atoms with van der Waals surface area (Å²) in [4.78, 5) is 4.54. The number of halogens is 2. The molecule has 92 valence electrons. The van der Waals surface area contributed by atoms with Crippen LogP contribution in [0, 0.1) is 9.49 Å². The quantitative estimate of drug-likeness (QED) is 0.702. The van der Waals surface area contributed by atoms with Gasteiger partial charge in [0.2, 0.25) is 0 Å². The molecule has 1 heterocycles. The van der Waals surface area contributed by atoms with Crippen LogP contribution in [0.5, 0.6) is 0 Å². The van der Waals surface area contributed by atoms with Crippen LogP contribution >= 0.6 is 50.3 Å². The molecule has 1 aromatic rings. The molecule has 0 radical (unpaired) electrons. The van der Waals surface area contributed by atoms with Crippen LogP contribution in [0.15, 0.2) is 27.7 Å². The minimum absolute atomic E-state index is 0.616. The maximum absolute atomic E-state index is 4.54. The molecular formula is C12H14BrIN2S. The van der Waals surface area contributed by atoms with Crippen LogP contribution in [-0.4, -0.2) is 17.0 Å². The third-order valence-corrected chi connectivity index (χ3v) is 6.38. The molecule has 0 saturated carbocycles. The van der Waals surface area contributed by atoms with Gasteiger partial charge in [0.05, 0.1) is 6.54 Å². The summed E-state index contributed by atoms with van der Waals surface area (Å²) >= 11 is 7.69. The third-order valence-electron chi connectivity index (χ3n) is 2.59. The Morgan fingerprint density at radius 2 is 2.29 bits per heavy atom. The second-order valence-corrected chi connectivity index (χ2v) is 7.54. The minimum atomic E-state index is 0.616. The van der Waals surface area contributed by atoms with Gasteiger partial charge in [-0.1, -0.05) is 25.6 Å². The highest BCUT2D eigenvalue weighted by atomic mass is 127. The van der Waals surface area contributed by atoms with Crippen molar-refractivity contribution in [3.8, 4) is 0 Å². The maximum atomic E-state index is 4.54. The van der Waals surface area contributed by atoms with Crippen molar-refractivity contribution in [2.24, 2.45) is 10.9 Å². The number of hydrogen-bond donors (Lipinski definition) is 1. The molecule has 2 nitrogen and oxygen atoms in total. The lowest BCUT2D eigenvalue weighted by molar-refractivity contribution is 0.621. The van der Waals surface area contributed by atoms with E-state index in [1.807, 2.05) is 11.8 Å². The smallest absolute Gasteiger partial charge is 0.161 e. The van der Waals surface area contributed by atoms with Crippen LogP contribution in [0.4, 0.5) is 5.69 Å². The van der Waals surface area contributed by atoms with Gasteiger partial charge in [-0.15, -0.1) is 0 Å². The molecule has 1 N–H and O–H groups in total. The van der Waals surface area contributed by atoms with Crippen LogP contribution in [0.3, 0.4) is 0 Å². The molecule has 5 heteroatoms. The van der Waals surface area contributed by atoms with Gasteiger partial charge in [-0.05, 0) is 62.6 Å². The number of amidine groups is 1. The highest BCUT2D eigenvalue weighted by Crippen LogP contribution is 2.29. The normalized spacial score (nSPS) is 19.6. The molecule has 0 fully saturated rings. The van der Waals surface area contributed by atoms with Crippen molar-refractivity contribution in [1.82, 2.24) is 0 Å². The van der Waals surface area contributed by atoms with Gasteiger partial charge in [0.25, 0.3) is 0 Å². The maximum Gasteiger partial charge on any atom is 0.161 e. The van der Waals surface area contributed by atoms with Gasteiger partial charge in [0, 0.05) is 19.0 Å². The lowest BCUT2D eigenvalue weighted by Gasteiger charge is -2.12. The predicted molar refractivity (Wildman–Crippen MR) is 89.0 cm³/mol. The molecule has 0 amide bonds. The number of thioether (sulfide) groups is 1. The fraction of sp³-hybridized carbons (Fsp3) is 0.417. The largest absolute Gasteiger partial charge is 0.335 e. The molecule has 0 aliphatic carbocycles. The molecule has 0 spiro atoms. The minimum Gasteiger partial charge on any atom is -0.335 e. The average molecular weight is 425 g/mol. The highest BCUT2D eigenvalue weighted by molar-refractivity contribution is 14.1. The Labute approximate surface area is 128 Å². The Hall–Kier alpha value is 0.250. The number of nitrogens with zero attached hydrogens (tertiary/aromatic N) is 1. The molecule has 0 saturated heterocycles. The van der Waals surface area contributed by atoms with Gasteiger partial charge in [-0.25, -0.2) is 0 Å². The number of aliphatic imine (C=N–C) groups is 1. The summed E-state index contributed by atoms with van der Waals surface area (Å²) in [5.41, 5.74) is 1.09. The average Bonchev–Trinajstić information content (AvgIpc) is 2.72. The van der Waals surface area contributed by atoms with Crippen LogP contribution in [0.2, 0.25) is 0 Å². The first-order chi connectivity index (χ1) is 8.06. The van der Waals surface area contributed by atoms with Crippen molar-refractivity contribution in [2.75, 3.05) is 11.9 Å². The molecule has 2 rings (SSSR count). The number of nitrogens with one attached hydrogen (secondary N) is 1. The van der Waals surface area contributed by atoms with Gasteiger partial charge in [0.15, 0.2) is 5.17 Å². The monoisotopic (exact) mass is 424 g/mol. The second-order valence-electron chi connectivity index (χ2n) is 4.30. The standard InChI is InChI=1S/C12H14BrIN2S/c1-7(2)11-6-15-12(17-11)16-8-3-4-10(14)9(13)5-8/h3-5,7,11H,6H2,1-2H3,(H,15,16). The Balaban J connectivity index is 2.00. The number of hydrogen-bond acceptors (Lipinski definition) is 3. The summed E-state index contributed by atoms with van der Waals surface area (Å²) in [7, 11) is 0. The molecule has 0 bridgehead atoms. The summed E-state index contributed by atoms with van der Waals surface area (Å²) in [5, 5.41) is 5.03. The first kappa shape index (κ1) is 13.7. The van der Waals surface area contributed by atoms with Crippen molar-refractivity contribution in [2.45, 2.75) is 19.1 Å². The third kappa shape index (κ3) is 3.61. The summed E-state index contributed by atoms with van der Waals surface area (Å²) in [6.45, 7) is 5.42. The zero-order valence-corrected chi connectivity index (χ0v) is 14.3. The first-order valence-electron chi connectivity index (χ1n) is 5.49. The Morgan fingerprint density at radius 1 is 1.53 bits per heavy atom. The van der Waals surface area contributed by atoms with Crippen molar-refractivity contribution in [3.63, 3.8) is 0 Å². The number of benzene rings is 1. The topological polar surface area (TPSA) is 24.4 Å². The Morgan fingerprint density at radius 3 is 2.88 bits per heavy atom.